The molecule has 6 nitrogen and oxygen atoms in total. The molecule has 1 N–H and O–H groups in total. The number of hydrogen-bond donors (Lipinski definition) is 1. The van der Waals surface area contributed by atoms with Crippen LogP contribution in [0.1, 0.15) is 52.9 Å². The Bertz CT molecular complexity index is 699. The lowest BCUT2D eigenvalue weighted by Gasteiger charge is -2.30. The fraction of sp³-hybridized carbons (Fsp3) is 0.667. The van der Waals surface area contributed by atoms with Crippen molar-refractivity contribution >= 4 is 27.7 Å². The van der Waals surface area contributed by atoms with Gasteiger partial charge in [0.25, 0.3) is 0 Å². The number of nitrogens with zero attached hydrogens (tertiary/aromatic N) is 2. The van der Waals surface area contributed by atoms with Crippen LogP contribution >= 0.6 is 11.8 Å². The molecule has 0 spiro atoms. The van der Waals surface area contributed by atoms with Crippen molar-refractivity contribution in [2.24, 2.45) is 0 Å². The molecule has 0 bridgehead atoms. The fourth-order valence-corrected chi connectivity index (χ4v) is 5.19. The first-order chi connectivity index (χ1) is 12.2. The number of amides is 1. The molecule has 8 heteroatoms. The highest BCUT2D eigenvalue weighted by atomic mass is 32.2. The zero-order valence-corrected chi connectivity index (χ0v) is 17.6. The van der Waals surface area contributed by atoms with E-state index in [1.165, 1.54) is 28.7 Å². The summed E-state index contributed by atoms with van der Waals surface area (Å²) in [5.74, 6) is -0.0551. The van der Waals surface area contributed by atoms with E-state index in [9.17, 15) is 13.2 Å². The molecule has 0 aromatic carbocycles. The van der Waals surface area contributed by atoms with Crippen molar-refractivity contribution in [2.45, 2.75) is 80.1 Å². The number of hydrogen-bond acceptors (Lipinski definition) is 5. The number of pyridine rings is 1. The minimum atomic E-state index is -3.53. The van der Waals surface area contributed by atoms with Gasteiger partial charge in [-0.2, -0.15) is 4.31 Å². The van der Waals surface area contributed by atoms with Crippen LogP contribution in [0.5, 0.6) is 0 Å². The molecule has 1 aromatic rings. The number of thioether (sulfide) groups is 1. The molecule has 146 valence electrons. The highest BCUT2D eigenvalue weighted by Crippen LogP contribution is 2.27. The van der Waals surface area contributed by atoms with Gasteiger partial charge in [-0.05, 0) is 45.7 Å². The van der Waals surface area contributed by atoms with Gasteiger partial charge in [0.15, 0.2) is 0 Å². The topological polar surface area (TPSA) is 79.4 Å². The van der Waals surface area contributed by atoms with Gasteiger partial charge in [0.05, 0.1) is 10.3 Å². The minimum absolute atomic E-state index is 0.0551. The lowest BCUT2D eigenvalue weighted by atomic mass is 9.96. The monoisotopic (exact) mass is 399 g/mol. The van der Waals surface area contributed by atoms with Crippen molar-refractivity contribution in [3.05, 3.63) is 18.3 Å². The van der Waals surface area contributed by atoms with E-state index < -0.39 is 10.0 Å². The third kappa shape index (κ3) is 5.44. The van der Waals surface area contributed by atoms with E-state index in [-0.39, 0.29) is 28.1 Å². The van der Waals surface area contributed by atoms with Crippen LogP contribution in [0.2, 0.25) is 0 Å². The molecule has 0 saturated heterocycles. The molecule has 1 heterocycles. The van der Waals surface area contributed by atoms with Crippen LogP contribution in [0.3, 0.4) is 0 Å². The predicted octanol–water partition coefficient (Wildman–Crippen LogP) is 3.04. The maximum Gasteiger partial charge on any atom is 0.244 e. The SMILES string of the molecule is CC(C)NC(=O)C(C)Sc1ccc(S(=O)(=O)N(C)C2CCCCC2)cn1. The zero-order chi connectivity index (χ0) is 19.3. The van der Waals surface area contributed by atoms with Gasteiger partial charge in [0, 0.05) is 25.3 Å². The van der Waals surface area contributed by atoms with Gasteiger partial charge in [0.1, 0.15) is 4.90 Å². The van der Waals surface area contributed by atoms with E-state index in [2.05, 4.69) is 10.3 Å². The maximum atomic E-state index is 12.8. The highest BCUT2D eigenvalue weighted by molar-refractivity contribution is 8.00. The van der Waals surface area contributed by atoms with E-state index in [1.54, 1.807) is 19.2 Å². The van der Waals surface area contributed by atoms with Gasteiger partial charge < -0.3 is 5.32 Å². The van der Waals surface area contributed by atoms with Gasteiger partial charge in [-0.25, -0.2) is 13.4 Å². The molecule has 1 amide bonds. The smallest absolute Gasteiger partial charge is 0.244 e. The van der Waals surface area contributed by atoms with Crippen LogP contribution in [-0.4, -0.2) is 48.0 Å². The molecule has 26 heavy (non-hydrogen) atoms. The number of carbonyl (C=O) groups is 1. The van der Waals surface area contributed by atoms with Crippen LogP contribution in [0.15, 0.2) is 28.3 Å². The van der Waals surface area contributed by atoms with Gasteiger partial charge in [-0.1, -0.05) is 31.0 Å². The highest BCUT2D eigenvalue weighted by Gasteiger charge is 2.29. The van der Waals surface area contributed by atoms with Crippen molar-refractivity contribution in [2.75, 3.05) is 7.05 Å². The zero-order valence-electron chi connectivity index (χ0n) is 15.9. The van der Waals surface area contributed by atoms with Gasteiger partial charge >= 0.3 is 0 Å². The molecule has 1 unspecified atom stereocenters. The van der Waals surface area contributed by atoms with Gasteiger partial charge in [-0.3, -0.25) is 4.79 Å². The summed E-state index contributed by atoms with van der Waals surface area (Å²) in [7, 11) is -1.87. The quantitative estimate of drug-likeness (QED) is 0.713. The van der Waals surface area contributed by atoms with Crippen molar-refractivity contribution in [3.8, 4) is 0 Å². The molecule has 1 fully saturated rings. The van der Waals surface area contributed by atoms with E-state index in [1.807, 2.05) is 20.8 Å². The normalized spacial score (nSPS) is 17.5. The summed E-state index contributed by atoms with van der Waals surface area (Å²) in [6.07, 6.45) is 6.56. The Morgan fingerprint density at radius 3 is 2.42 bits per heavy atom. The molecule has 1 aliphatic rings. The Morgan fingerprint density at radius 2 is 1.88 bits per heavy atom. The lowest BCUT2D eigenvalue weighted by Crippen LogP contribution is -2.38. The van der Waals surface area contributed by atoms with Crippen molar-refractivity contribution < 1.29 is 13.2 Å². The average molecular weight is 400 g/mol. The van der Waals surface area contributed by atoms with Gasteiger partial charge in [0.2, 0.25) is 15.9 Å². The van der Waals surface area contributed by atoms with E-state index in [4.69, 9.17) is 0 Å². The first-order valence-corrected chi connectivity index (χ1v) is 11.4. The Labute approximate surface area is 161 Å². The lowest BCUT2D eigenvalue weighted by molar-refractivity contribution is -0.120. The van der Waals surface area contributed by atoms with Crippen LogP contribution < -0.4 is 5.32 Å². The number of sulfonamides is 1. The van der Waals surface area contributed by atoms with Crippen molar-refractivity contribution in [3.63, 3.8) is 0 Å². The number of rotatable bonds is 7. The molecule has 1 atom stereocenters. The maximum absolute atomic E-state index is 12.8. The van der Waals surface area contributed by atoms with E-state index in [0.717, 1.165) is 25.7 Å². The number of carbonyl (C=O) groups excluding carboxylic acids is 1. The predicted molar refractivity (Wildman–Crippen MR) is 105 cm³/mol. The summed E-state index contributed by atoms with van der Waals surface area (Å²) in [4.78, 5) is 16.4. The Morgan fingerprint density at radius 1 is 1.23 bits per heavy atom. The number of aromatic nitrogens is 1. The first-order valence-electron chi connectivity index (χ1n) is 9.13. The molecule has 1 aromatic heterocycles. The Balaban J connectivity index is 2.04. The molecule has 1 saturated carbocycles. The fourth-order valence-electron chi connectivity index (χ4n) is 3.03. The van der Waals surface area contributed by atoms with Crippen molar-refractivity contribution in [1.82, 2.24) is 14.6 Å². The van der Waals surface area contributed by atoms with Crippen LogP contribution in [-0.2, 0) is 14.8 Å². The van der Waals surface area contributed by atoms with Gasteiger partial charge in [-0.15, -0.1) is 0 Å². The molecular formula is C18H29N3O3S2. The van der Waals surface area contributed by atoms with Crippen LogP contribution in [0, 0.1) is 0 Å². The molecular weight excluding hydrogens is 370 g/mol. The Hall–Kier alpha value is -1.12. The summed E-state index contributed by atoms with van der Waals surface area (Å²) in [5.41, 5.74) is 0. The van der Waals surface area contributed by atoms with E-state index >= 15 is 0 Å². The summed E-state index contributed by atoms with van der Waals surface area (Å²) in [6.45, 7) is 5.64. The Kier molecular flexibility index (Phi) is 7.49. The van der Waals surface area contributed by atoms with Crippen LogP contribution in [0.25, 0.3) is 0 Å². The largest absolute Gasteiger partial charge is 0.353 e. The summed E-state index contributed by atoms with van der Waals surface area (Å²) < 4.78 is 27.1. The molecule has 0 radical (unpaired) electrons. The second-order valence-corrected chi connectivity index (χ2v) is 10.4. The molecule has 1 aliphatic carbocycles. The first kappa shape index (κ1) is 21.2. The standard InChI is InChI=1S/C18H29N3O3S2/c1-13(2)20-18(22)14(3)25-17-11-10-16(12-19-17)26(23,24)21(4)15-8-6-5-7-9-15/h10-15H,5-9H2,1-4H3,(H,20,22). The summed E-state index contributed by atoms with van der Waals surface area (Å²) in [5, 5.41) is 3.20. The minimum Gasteiger partial charge on any atom is -0.353 e. The molecule has 2 rings (SSSR count). The second-order valence-electron chi connectivity index (χ2n) is 7.07. The second kappa shape index (κ2) is 9.19. The summed E-state index contributed by atoms with van der Waals surface area (Å²) in [6, 6.07) is 3.41. The number of nitrogens with one attached hydrogen (secondary N) is 1. The molecule has 0 aliphatic heterocycles. The van der Waals surface area contributed by atoms with Crippen LogP contribution in [0.4, 0.5) is 0 Å². The third-order valence-electron chi connectivity index (χ3n) is 4.57. The van der Waals surface area contributed by atoms with E-state index in [0.29, 0.717) is 5.03 Å². The average Bonchev–Trinajstić information content (AvgIpc) is 2.61. The third-order valence-corrected chi connectivity index (χ3v) is 7.52. The summed E-state index contributed by atoms with van der Waals surface area (Å²) >= 11 is 1.32. The van der Waals surface area contributed by atoms with Crippen molar-refractivity contribution in [1.29, 1.82) is 0 Å².